The maximum atomic E-state index is 11.8. The average molecular weight is 259 g/mol. The van der Waals surface area contributed by atoms with Crippen LogP contribution in [-0.2, 0) is 14.3 Å². The molecule has 0 fully saturated rings. The minimum Gasteiger partial charge on any atom is -0.468 e. The number of carbonyl (C=O) groups excluding carboxylic acids is 1. The van der Waals surface area contributed by atoms with Crippen LogP contribution in [0.25, 0.3) is 0 Å². The molecule has 1 N–H and O–H groups in total. The number of rotatable bonds is 9. The van der Waals surface area contributed by atoms with Crippen molar-refractivity contribution in [1.29, 1.82) is 0 Å². The Hall–Kier alpha value is -0.610. The summed E-state index contributed by atoms with van der Waals surface area (Å²) in [6.45, 7) is 11.7. The van der Waals surface area contributed by atoms with Gasteiger partial charge in [-0.25, -0.2) is 0 Å². The second-order valence-electron chi connectivity index (χ2n) is 5.42. The normalized spacial score (nSPS) is 16.4. The summed E-state index contributed by atoms with van der Waals surface area (Å²) < 4.78 is 10.6. The fourth-order valence-corrected chi connectivity index (χ4v) is 1.98. The van der Waals surface area contributed by atoms with Crippen LogP contribution in [0, 0.1) is 5.92 Å². The van der Waals surface area contributed by atoms with Gasteiger partial charge in [-0.15, -0.1) is 0 Å². The van der Waals surface area contributed by atoms with Gasteiger partial charge in [-0.3, -0.25) is 4.79 Å². The van der Waals surface area contributed by atoms with Crippen LogP contribution in [0.3, 0.4) is 0 Å². The van der Waals surface area contributed by atoms with Gasteiger partial charge < -0.3 is 14.8 Å². The molecule has 0 aliphatic rings. The van der Waals surface area contributed by atoms with Gasteiger partial charge in [0.25, 0.3) is 0 Å². The number of hydrogen-bond acceptors (Lipinski definition) is 4. The molecular formula is C14H29NO3. The summed E-state index contributed by atoms with van der Waals surface area (Å²) in [5, 5.41) is 3.19. The van der Waals surface area contributed by atoms with E-state index in [9.17, 15) is 4.79 Å². The predicted molar refractivity (Wildman–Crippen MR) is 73.6 cm³/mol. The van der Waals surface area contributed by atoms with E-state index in [0.29, 0.717) is 12.3 Å². The lowest BCUT2D eigenvalue weighted by Crippen LogP contribution is -2.52. The largest absolute Gasteiger partial charge is 0.468 e. The summed E-state index contributed by atoms with van der Waals surface area (Å²) in [6.07, 6.45) is 1.69. The zero-order valence-electron chi connectivity index (χ0n) is 12.7. The molecule has 0 heterocycles. The van der Waals surface area contributed by atoms with Crippen LogP contribution >= 0.6 is 0 Å². The summed E-state index contributed by atoms with van der Waals surface area (Å²) in [5.74, 6) is 0.404. The van der Waals surface area contributed by atoms with Crippen LogP contribution in [0.1, 0.15) is 47.5 Å². The van der Waals surface area contributed by atoms with E-state index in [1.165, 1.54) is 7.11 Å². The van der Waals surface area contributed by atoms with Crippen LogP contribution in [0.5, 0.6) is 0 Å². The second kappa shape index (κ2) is 8.48. The SMILES string of the molecule is CCNC(C)(CC(C)OCCC(C)C)C(=O)OC. The van der Waals surface area contributed by atoms with Gasteiger partial charge in [0.15, 0.2) is 0 Å². The monoisotopic (exact) mass is 259 g/mol. The van der Waals surface area contributed by atoms with Crippen molar-refractivity contribution in [3.8, 4) is 0 Å². The van der Waals surface area contributed by atoms with E-state index in [4.69, 9.17) is 9.47 Å². The molecule has 0 aromatic carbocycles. The minimum atomic E-state index is -0.666. The molecule has 108 valence electrons. The van der Waals surface area contributed by atoms with E-state index in [2.05, 4.69) is 19.2 Å². The lowest BCUT2D eigenvalue weighted by atomic mass is 9.94. The predicted octanol–water partition coefficient (Wildman–Crippen LogP) is 2.37. The lowest BCUT2D eigenvalue weighted by Gasteiger charge is -2.30. The summed E-state index contributed by atoms with van der Waals surface area (Å²) in [7, 11) is 1.42. The standard InChI is InChI=1S/C14H29NO3/c1-7-15-14(5,13(16)17-6)10-12(4)18-9-8-11(2)3/h11-12,15H,7-10H2,1-6H3. The first-order valence-corrected chi connectivity index (χ1v) is 6.80. The first-order chi connectivity index (χ1) is 8.35. The van der Waals surface area contributed by atoms with Crippen molar-refractivity contribution in [3.05, 3.63) is 0 Å². The molecule has 0 radical (unpaired) electrons. The van der Waals surface area contributed by atoms with Crippen molar-refractivity contribution >= 4 is 5.97 Å². The number of carbonyl (C=O) groups is 1. The van der Waals surface area contributed by atoms with Crippen LogP contribution in [-0.4, -0.2) is 37.9 Å². The van der Waals surface area contributed by atoms with Gasteiger partial charge in [-0.2, -0.15) is 0 Å². The third-order valence-electron chi connectivity index (χ3n) is 3.00. The van der Waals surface area contributed by atoms with Crippen molar-refractivity contribution in [2.75, 3.05) is 20.3 Å². The Morgan fingerprint density at radius 1 is 1.33 bits per heavy atom. The molecule has 0 saturated carbocycles. The fraction of sp³-hybridized carbons (Fsp3) is 0.929. The van der Waals surface area contributed by atoms with E-state index >= 15 is 0 Å². The van der Waals surface area contributed by atoms with Gasteiger partial charge in [0.1, 0.15) is 5.54 Å². The number of ether oxygens (including phenoxy) is 2. The zero-order chi connectivity index (χ0) is 14.2. The summed E-state index contributed by atoms with van der Waals surface area (Å²) >= 11 is 0. The Bertz CT molecular complexity index is 243. The molecule has 0 aromatic rings. The van der Waals surface area contributed by atoms with Gasteiger partial charge in [0, 0.05) is 13.0 Å². The highest BCUT2D eigenvalue weighted by atomic mass is 16.5. The van der Waals surface area contributed by atoms with Crippen molar-refractivity contribution in [1.82, 2.24) is 5.32 Å². The molecule has 0 spiro atoms. The van der Waals surface area contributed by atoms with Crippen molar-refractivity contribution in [2.24, 2.45) is 5.92 Å². The Labute approximate surface area is 111 Å². The number of nitrogens with one attached hydrogen (secondary N) is 1. The molecule has 0 aromatic heterocycles. The van der Waals surface area contributed by atoms with Crippen molar-refractivity contribution < 1.29 is 14.3 Å². The molecule has 0 aliphatic heterocycles. The summed E-state index contributed by atoms with van der Waals surface area (Å²) in [4.78, 5) is 11.8. The van der Waals surface area contributed by atoms with Gasteiger partial charge >= 0.3 is 5.97 Å². The molecule has 0 rings (SSSR count). The Balaban J connectivity index is 4.27. The van der Waals surface area contributed by atoms with E-state index in [1.807, 2.05) is 20.8 Å². The molecule has 18 heavy (non-hydrogen) atoms. The second-order valence-corrected chi connectivity index (χ2v) is 5.42. The quantitative estimate of drug-likeness (QED) is 0.646. The Morgan fingerprint density at radius 2 is 1.94 bits per heavy atom. The average Bonchev–Trinajstić information content (AvgIpc) is 2.27. The van der Waals surface area contributed by atoms with Crippen LogP contribution in [0.15, 0.2) is 0 Å². The van der Waals surface area contributed by atoms with Gasteiger partial charge in [-0.05, 0) is 32.7 Å². The van der Waals surface area contributed by atoms with Gasteiger partial charge in [0.2, 0.25) is 0 Å². The minimum absolute atomic E-state index is 0.0342. The van der Waals surface area contributed by atoms with Gasteiger partial charge in [0.05, 0.1) is 13.2 Å². The molecule has 4 nitrogen and oxygen atoms in total. The first-order valence-electron chi connectivity index (χ1n) is 6.80. The van der Waals surface area contributed by atoms with Gasteiger partial charge in [-0.1, -0.05) is 20.8 Å². The Morgan fingerprint density at radius 3 is 2.39 bits per heavy atom. The van der Waals surface area contributed by atoms with Crippen LogP contribution in [0.4, 0.5) is 0 Å². The maximum absolute atomic E-state index is 11.8. The third kappa shape index (κ3) is 6.36. The fourth-order valence-electron chi connectivity index (χ4n) is 1.98. The maximum Gasteiger partial charge on any atom is 0.325 e. The zero-order valence-corrected chi connectivity index (χ0v) is 12.7. The molecule has 0 amide bonds. The summed E-state index contributed by atoms with van der Waals surface area (Å²) in [5.41, 5.74) is -0.666. The summed E-state index contributed by atoms with van der Waals surface area (Å²) in [6, 6.07) is 0. The molecule has 4 heteroatoms. The first kappa shape index (κ1) is 17.4. The van der Waals surface area contributed by atoms with E-state index < -0.39 is 5.54 Å². The highest BCUT2D eigenvalue weighted by Crippen LogP contribution is 2.17. The molecule has 0 bridgehead atoms. The topological polar surface area (TPSA) is 47.6 Å². The van der Waals surface area contributed by atoms with E-state index in [0.717, 1.165) is 19.6 Å². The van der Waals surface area contributed by atoms with E-state index in [-0.39, 0.29) is 12.1 Å². The number of methoxy groups -OCH3 is 1. The highest BCUT2D eigenvalue weighted by molar-refractivity contribution is 5.80. The molecule has 2 atom stereocenters. The molecule has 2 unspecified atom stereocenters. The third-order valence-corrected chi connectivity index (χ3v) is 3.00. The smallest absolute Gasteiger partial charge is 0.325 e. The number of likely N-dealkylation sites (N-methyl/N-ethyl adjacent to an activating group) is 1. The molecule has 0 aliphatic carbocycles. The highest BCUT2D eigenvalue weighted by Gasteiger charge is 2.35. The Kier molecular flexibility index (Phi) is 8.20. The number of hydrogen-bond donors (Lipinski definition) is 1. The molecule has 0 saturated heterocycles. The van der Waals surface area contributed by atoms with Crippen molar-refractivity contribution in [3.63, 3.8) is 0 Å². The van der Waals surface area contributed by atoms with Crippen LogP contribution in [0.2, 0.25) is 0 Å². The van der Waals surface area contributed by atoms with E-state index in [1.54, 1.807) is 0 Å². The van der Waals surface area contributed by atoms with Crippen molar-refractivity contribution in [2.45, 2.75) is 59.1 Å². The number of esters is 1. The molecular weight excluding hydrogens is 230 g/mol. The van der Waals surface area contributed by atoms with Crippen LogP contribution < -0.4 is 5.32 Å². The lowest BCUT2D eigenvalue weighted by molar-refractivity contribution is -0.149.